The Labute approximate surface area is 193 Å². The molecule has 2 heterocycles. The van der Waals surface area contributed by atoms with Gasteiger partial charge in [0, 0.05) is 30.9 Å². The zero-order valence-corrected chi connectivity index (χ0v) is 19.2. The maximum absolute atomic E-state index is 13.5. The third-order valence-corrected chi connectivity index (χ3v) is 7.83. The van der Waals surface area contributed by atoms with Gasteiger partial charge in [-0.05, 0) is 68.3 Å². The Morgan fingerprint density at radius 1 is 1.03 bits per heavy atom. The molecule has 0 unspecified atom stereocenters. The van der Waals surface area contributed by atoms with Gasteiger partial charge in [-0.25, -0.2) is 12.8 Å². The number of carbonyl (C=O) groups excluding carboxylic acids is 1. The number of amides is 1. The summed E-state index contributed by atoms with van der Waals surface area (Å²) in [7, 11) is -3.60. The van der Waals surface area contributed by atoms with E-state index in [9.17, 15) is 17.6 Å². The maximum atomic E-state index is 13.5. The Morgan fingerprint density at radius 3 is 2.30 bits per heavy atom. The Balaban J connectivity index is 1.49. The van der Waals surface area contributed by atoms with E-state index in [-0.39, 0.29) is 42.2 Å². The van der Waals surface area contributed by atoms with E-state index in [1.165, 1.54) is 16.4 Å². The van der Waals surface area contributed by atoms with Crippen LogP contribution >= 0.6 is 0 Å². The summed E-state index contributed by atoms with van der Waals surface area (Å²) < 4.78 is 40.9. The quantitative estimate of drug-likeness (QED) is 0.546. The Kier molecular flexibility index (Phi) is 6.85. The van der Waals surface area contributed by atoms with E-state index in [0.717, 1.165) is 11.3 Å². The van der Waals surface area contributed by atoms with Crippen LogP contribution in [0.25, 0.3) is 0 Å². The molecule has 1 amide bonds. The predicted octanol–water partition coefficient (Wildman–Crippen LogP) is 4.16. The first kappa shape index (κ1) is 23.1. The molecule has 0 spiro atoms. The number of benzene rings is 2. The van der Waals surface area contributed by atoms with Gasteiger partial charge in [-0.2, -0.15) is 4.31 Å². The predicted molar refractivity (Wildman–Crippen MR) is 124 cm³/mol. The number of nitrogens with zero attached hydrogens (tertiary/aromatic N) is 3. The molecule has 6 nitrogen and oxygen atoms in total. The fourth-order valence-corrected chi connectivity index (χ4v) is 5.46. The Morgan fingerprint density at radius 2 is 1.70 bits per heavy atom. The van der Waals surface area contributed by atoms with Crippen LogP contribution in [0.1, 0.15) is 24.1 Å². The smallest absolute Gasteiger partial charge is 0.243 e. The average molecular weight is 468 g/mol. The number of pyridine rings is 1. The van der Waals surface area contributed by atoms with Gasteiger partial charge in [0.2, 0.25) is 15.9 Å². The maximum Gasteiger partial charge on any atom is 0.243 e. The van der Waals surface area contributed by atoms with E-state index >= 15 is 0 Å². The number of aryl methyl sites for hydroxylation is 1. The molecular formula is C25H26FN3O3S. The number of anilines is 1. The molecule has 33 heavy (non-hydrogen) atoms. The topological polar surface area (TPSA) is 70.6 Å². The van der Waals surface area contributed by atoms with Gasteiger partial charge in [0.05, 0.1) is 17.1 Å². The number of hydrogen-bond donors (Lipinski definition) is 0. The number of piperidine rings is 1. The minimum atomic E-state index is -3.60. The van der Waals surface area contributed by atoms with Gasteiger partial charge < -0.3 is 4.90 Å². The summed E-state index contributed by atoms with van der Waals surface area (Å²) in [5.74, 6) is -0.818. The molecule has 1 aliphatic heterocycles. The van der Waals surface area contributed by atoms with Gasteiger partial charge in [-0.15, -0.1) is 0 Å². The molecule has 8 heteroatoms. The minimum absolute atomic E-state index is 0.111. The molecule has 1 aromatic heterocycles. The van der Waals surface area contributed by atoms with Gasteiger partial charge in [0.25, 0.3) is 0 Å². The second-order valence-electron chi connectivity index (χ2n) is 8.21. The third-order valence-electron chi connectivity index (χ3n) is 5.91. The summed E-state index contributed by atoms with van der Waals surface area (Å²) in [5, 5.41) is 0. The first-order valence-corrected chi connectivity index (χ1v) is 12.3. The standard InChI is InChI=1S/C25H26FN3O3S/c1-19-5-11-24(12-6-19)33(31,32)28-16-13-20(14-17-28)25(30)29(18-22-4-2-3-15-27-22)23-9-7-21(26)8-10-23/h2-12,15,20H,13-14,16-18H2,1H3. The van der Waals surface area contributed by atoms with Crippen molar-refractivity contribution in [2.24, 2.45) is 5.92 Å². The molecule has 0 bridgehead atoms. The van der Waals surface area contributed by atoms with E-state index in [0.29, 0.717) is 18.5 Å². The first-order valence-electron chi connectivity index (χ1n) is 10.9. The van der Waals surface area contributed by atoms with Crippen molar-refractivity contribution < 1.29 is 17.6 Å². The van der Waals surface area contributed by atoms with E-state index in [1.807, 2.05) is 19.1 Å². The molecule has 0 saturated carbocycles. The molecule has 0 aliphatic carbocycles. The van der Waals surface area contributed by atoms with Crippen LogP contribution in [0.15, 0.2) is 77.8 Å². The van der Waals surface area contributed by atoms with Crippen LogP contribution in [0.2, 0.25) is 0 Å². The van der Waals surface area contributed by atoms with Crippen LogP contribution in [0.5, 0.6) is 0 Å². The van der Waals surface area contributed by atoms with Crippen molar-refractivity contribution >= 4 is 21.6 Å². The number of halogens is 1. The lowest BCUT2D eigenvalue weighted by Crippen LogP contribution is -2.44. The molecular weight excluding hydrogens is 441 g/mol. The van der Waals surface area contributed by atoms with Gasteiger partial charge in [0.15, 0.2) is 0 Å². The SMILES string of the molecule is Cc1ccc(S(=O)(=O)N2CCC(C(=O)N(Cc3ccccn3)c3ccc(F)cc3)CC2)cc1. The highest BCUT2D eigenvalue weighted by Gasteiger charge is 2.34. The Bertz CT molecular complexity index is 1190. The van der Waals surface area contributed by atoms with Crippen LogP contribution in [-0.2, 0) is 21.4 Å². The van der Waals surface area contributed by atoms with E-state index in [1.54, 1.807) is 53.6 Å². The molecule has 1 fully saturated rings. The van der Waals surface area contributed by atoms with Crippen molar-refractivity contribution in [1.29, 1.82) is 0 Å². The molecule has 0 N–H and O–H groups in total. The zero-order chi connectivity index (χ0) is 23.4. The summed E-state index contributed by atoms with van der Waals surface area (Å²) in [6.07, 6.45) is 2.50. The van der Waals surface area contributed by atoms with Crippen molar-refractivity contribution in [1.82, 2.24) is 9.29 Å². The monoisotopic (exact) mass is 467 g/mol. The second kappa shape index (κ2) is 9.80. The second-order valence-corrected chi connectivity index (χ2v) is 10.2. The van der Waals surface area contributed by atoms with Crippen LogP contribution in [0.3, 0.4) is 0 Å². The summed E-state index contributed by atoms with van der Waals surface area (Å²) in [5.41, 5.74) is 2.29. The molecule has 1 aliphatic rings. The van der Waals surface area contributed by atoms with Crippen molar-refractivity contribution in [3.63, 3.8) is 0 Å². The van der Waals surface area contributed by atoms with Gasteiger partial charge in [0.1, 0.15) is 5.82 Å². The van der Waals surface area contributed by atoms with Crippen molar-refractivity contribution in [2.75, 3.05) is 18.0 Å². The number of hydrogen-bond acceptors (Lipinski definition) is 4. The minimum Gasteiger partial charge on any atom is -0.306 e. The highest BCUT2D eigenvalue weighted by atomic mass is 32.2. The molecule has 0 atom stereocenters. The van der Waals surface area contributed by atoms with Crippen molar-refractivity contribution in [3.8, 4) is 0 Å². The van der Waals surface area contributed by atoms with E-state index in [2.05, 4.69) is 4.98 Å². The Hall–Kier alpha value is -3.10. The van der Waals surface area contributed by atoms with E-state index < -0.39 is 10.0 Å². The fourth-order valence-electron chi connectivity index (χ4n) is 3.99. The fraction of sp³-hybridized carbons (Fsp3) is 0.280. The summed E-state index contributed by atoms with van der Waals surface area (Å²) in [6.45, 7) is 2.71. The number of carbonyl (C=O) groups is 1. The van der Waals surface area contributed by atoms with Gasteiger partial charge in [-0.1, -0.05) is 23.8 Å². The highest BCUT2D eigenvalue weighted by molar-refractivity contribution is 7.89. The average Bonchev–Trinajstić information content (AvgIpc) is 2.84. The van der Waals surface area contributed by atoms with Crippen LogP contribution in [-0.4, -0.2) is 36.7 Å². The van der Waals surface area contributed by atoms with Crippen LogP contribution in [0.4, 0.5) is 10.1 Å². The number of rotatable bonds is 6. The highest BCUT2D eigenvalue weighted by Crippen LogP contribution is 2.28. The van der Waals surface area contributed by atoms with E-state index in [4.69, 9.17) is 0 Å². The number of sulfonamides is 1. The van der Waals surface area contributed by atoms with Gasteiger partial charge in [-0.3, -0.25) is 9.78 Å². The zero-order valence-electron chi connectivity index (χ0n) is 18.4. The molecule has 172 valence electrons. The molecule has 1 saturated heterocycles. The lowest BCUT2D eigenvalue weighted by Gasteiger charge is -2.33. The lowest BCUT2D eigenvalue weighted by molar-refractivity contribution is -0.123. The molecule has 0 radical (unpaired) electrons. The lowest BCUT2D eigenvalue weighted by atomic mass is 9.96. The summed E-state index contributed by atoms with van der Waals surface area (Å²) in [4.78, 5) is 19.7. The van der Waals surface area contributed by atoms with Crippen LogP contribution < -0.4 is 4.90 Å². The summed E-state index contributed by atoms with van der Waals surface area (Å²) >= 11 is 0. The molecule has 2 aromatic carbocycles. The van der Waals surface area contributed by atoms with Crippen molar-refractivity contribution in [3.05, 3.63) is 90.0 Å². The first-order chi connectivity index (χ1) is 15.8. The number of aromatic nitrogens is 1. The molecule has 3 aromatic rings. The third kappa shape index (κ3) is 5.29. The molecule has 4 rings (SSSR count). The summed E-state index contributed by atoms with van der Waals surface area (Å²) in [6, 6.07) is 18.1. The van der Waals surface area contributed by atoms with Crippen LogP contribution in [0, 0.1) is 18.7 Å². The largest absolute Gasteiger partial charge is 0.306 e. The normalized spacial score (nSPS) is 15.3. The van der Waals surface area contributed by atoms with Gasteiger partial charge >= 0.3 is 0 Å². The van der Waals surface area contributed by atoms with Crippen molar-refractivity contribution in [2.45, 2.75) is 31.2 Å².